The molecule has 0 atom stereocenters. The summed E-state index contributed by atoms with van der Waals surface area (Å²) in [6, 6.07) is 17.9. The van der Waals surface area contributed by atoms with Crippen LogP contribution >= 0.6 is 0 Å². The summed E-state index contributed by atoms with van der Waals surface area (Å²) in [7, 11) is 3.32. The first-order valence-electron chi connectivity index (χ1n) is 6.17. The van der Waals surface area contributed by atoms with Crippen LogP contribution in [0.15, 0.2) is 54.6 Å². The summed E-state index contributed by atoms with van der Waals surface area (Å²) in [5.41, 5.74) is 2.45. The van der Waals surface area contributed by atoms with E-state index in [-0.39, 0.29) is 6.09 Å². The minimum Gasteiger partial charge on any atom is -0.410 e. The molecule has 1 amide bonds. The van der Waals surface area contributed by atoms with E-state index in [4.69, 9.17) is 4.74 Å². The lowest BCUT2D eigenvalue weighted by atomic mass is 10.1. The summed E-state index contributed by atoms with van der Waals surface area (Å²) in [4.78, 5) is 12.8. The fourth-order valence-corrected chi connectivity index (χ4v) is 1.70. The van der Waals surface area contributed by atoms with Gasteiger partial charge < -0.3 is 9.64 Å². The van der Waals surface area contributed by atoms with E-state index >= 15 is 0 Å². The van der Waals surface area contributed by atoms with E-state index in [1.54, 1.807) is 14.1 Å². The maximum absolute atomic E-state index is 11.4. The Morgan fingerprint density at radius 1 is 0.947 bits per heavy atom. The summed E-state index contributed by atoms with van der Waals surface area (Å²) in [6.45, 7) is 0. The molecule has 0 radical (unpaired) electrons. The van der Waals surface area contributed by atoms with Gasteiger partial charge in [-0.15, -0.1) is 0 Å². The van der Waals surface area contributed by atoms with Gasteiger partial charge in [-0.25, -0.2) is 4.79 Å². The third-order valence-corrected chi connectivity index (χ3v) is 2.74. The van der Waals surface area contributed by atoms with Crippen molar-refractivity contribution in [3.8, 4) is 5.75 Å². The molecule has 0 aliphatic rings. The zero-order valence-electron chi connectivity index (χ0n) is 11.2. The number of hydrogen-bond acceptors (Lipinski definition) is 2. The maximum Gasteiger partial charge on any atom is 0.414 e. The van der Waals surface area contributed by atoms with Gasteiger partial charge in [-0.3, -0.25) is 0 Å². The first-order valence-corrected chi connectivity index (χ1v) is 6.17. The molecule has 3 heteroatoms. The van der Waals surface area contributed by atoms with Crippen molar-refractivity contribution in [3.05, 3.63) is 65.7 Å². The standard InChI is InChI=1S/C16H17NO2/c1-17(2)16(18)19-15-10-8-14(9-11-15)12-13-6-4-3-5-7-13/h3-11H,12H2,1-2H3. The molecule has 0 saturated carbocycles. The Bertz CT molecular complexity index is 532. The highest BCUT2D eigenvalue weighted by atomic mass is 16.6. The molecule has 19 heavy (non-hydrogen) atoms. The van der Waals surface area contributed by atoms with Crippen LogP contribution in [0.4, 0.5) is 4.79 Å². The third kappa shape index (κ3) is 3.85. The molecule has 0 N–H and O–H groups in total. The monoisotopic (exact) mass is 255 g/mol. The normalized spacial score (nSPS) is 10.0. The minimum absolute atomic E-state index is 0.365. The molecular formula is C16H17NO2. The third-order valence-electron chi connectivity index (χ3n) is 2.74. The van der Waals surface area contributed by atoms with Crippen molar-refractivity contribution in [2.75, 3.05) is 14.1 Å². The Morgan fingerprint density at radius 3 is 2.11 bits per heavy atom. The summed E-state index contributed by atoms with van der Waals surface area (Å²) >= 11 is 0. The van der Waals surface area contributed by atoms with E-state index < -0.39 is 0 Å². The van der Waals surface area contributed by atoms with E-state index in [1.165, 1.54) is 16.0 Å². The van der Waals surface area contributed by atoms with Crippen molar-refractivity contribution in [2.45, 2.75) is 6.42 Å². The fourth-order valence-electron chi connectivity index (χ4n) is 1.70. The molecule has 0 fully saturated rings. The lowest BCUT2D eigenvalue weighted by Gasteiger charge is -2.11. The van der Waals surface area contributed by atoms with Gasteiger partial charge in [-0.2, -0.15) is 0 Å². The van der Waals surface area contributed by atoms with Crippen LogP contribution < -0.4 is 4.74 Å². The van der Waals surface area contributed by atoms with E-state index in [0.29, 0.717) is 5.75 Å². The molecule has 3 nitrogen and oxygen atoms in total. The molecule has 0 saturated heterocycles. The molecule has 98 valence electrons. The molecule has 0 unspecified atom stereocenters. The van der Waals surface area contributed by atoms with Crippen LogP contribution in [0.25, 0.3) is 0 Å². The van der Waals surface area contributed by atoms with E-state index in [0.717, 1.165) is 6.42 Å². The predicted molar refractivity (Wildman–Crippen MR) is 75.4 cm³/mol. The van der Waals surface area contributed by atoms with Crippen molar-refractivity contribution in [2.24, 2.45) is 0 Å². The highest BCUT2D eigenvalue weighted by Gasteiger charge is 2.06. The fraction of sp³-hybridized carbons (Fsp3) is 0.188. The van der Waals surface area contributed by atoms with E-state index in [2.05, 4.69) is 12.1 Å². The van der Waals surface area contributed by atoms with Gasteiger partial charge in [0.05, 0.1) is 0 Å². The number of benzene rings is 2. The number of rotatable bonds is 3. The number of ether oxygens (including phenoxy) is 1. The largest absolute Gasteiger partial charge is 0.414 e. The zero-order chi connectivity index (χ0) is 13.7. The van der Waals surface area contributed by atoms with Crippen molar-refractivity contribution >= 4 is 6.09 Å². The van der Waals surface area contributed by atoms with E-state index in [1.807, 2.05) is 42.5 Å². The second-order valence-corrected chi connectivity index (χ2v) is 4.57. The number of carbonyl (C=O) groups excluding carboxylic acids is 1. The molecule has 0 aliphatic heterocycles. The average molecular weight is 255 g/mol. The number of carbonyl (C=O) groups is 1. The Labute approximate surface area is 113 Å². The molecule has 0 aliphatic carbocycles. The number of nitrogens with zero attached hydrogens (tertiary/aromatic N) is 1. The van der Waals surface area contributed by atoms with Crippen LogP contribution in [0, 0.1) is 0 Å². The summed E-state index contributed by atoms with van der Waals surface area (Å²) in [5.74, 6) is 0.565. The Kier molecular flexibility index (Phi) is 4.18. The Balaban J connectivity index is 2.01. The van der Waals surface area contributed by atoms with Gasteiger partial charge in [0.1, 0.15) is 5.75 Å². The highest BCUT2D eigenvalue weighted by molar-refractivity contribution is 5.69. The second-order valence-electron chi connectivity index (χ2n) is 4.57. The predicted octanol–water partition coefficient (Wildman–Crippen LogP) is 3.34. The SMILES string of the molecule is CN(C)C(=O)Oc1ccc(Cc2ccccc2)cc1. The molecule has 2 rings (SSSR count). The first kappa shape index (κ1) is 13.1. The molecule has 0 spiro atoms. The molecule has 2 aromatic rings. The lowest BCUT2D eigenvalue weighted by Crippen LogP contribution is -2.25. The van der Waals surface area contributed by atoms with Crippen LogP contribution in [-0.4, -0.2) is 25.1 Å². The van der Waals surface area contributed by atoms with Crippen molar-refractivity contribution in [3.63, 3.8) is 0 Å². The van der Waals surface area contributed by atoms with Gasteiger partial charge >= 0.3 is 6.09 Å². The topological polar surface area (TPSA) is 29.5 Å². The summed E-state index contributed by atoms with van der Waals surface area (Å²) < 4.78 is 5.17. The quantitative estimate of drug-likeness (QED) is 0.841. The highest BCUT2D eigenvalue weighted by Crippen LogP contribution is 2.15. The molecule has 0 bridgehead atoms. The smallest absolute Gasteiger partial charge is 0.410 e. The van der Waals surface area contributed by atoms with Gasteiger partial charge in [0.2, 0.25) is 0 Å². The lowest BCUT2D eigenvalue weighted by molar-refractivity contribution is 0.172. The second kappa shape index (κ2) is 6.05. The van der Waals surface area contributed by atoms with Crippen LogP contribution in [-0.2, 0) is 6.42 Å². The maximum atomic E-state index is 11.4. The average Bonchev–Trinajstić information content (AvgIpc) is 2.42. The van der Waals surface area contributed by atoms with Crippen LogP contribution in [0.2, 0.25) is 0 Å². The molecule has 0 aromatic heterocycles. The Morgan fingerprint density at radius 2 is 1.53 bits per heavy atom. The van der Waals surface area contributed by atoms with Gasteiger partial charge in [0.25, 0.3) is 0 Å². The number of hydrogen-bond donors (Lipinski definition) is 0. The summed E-state index contributed by atoms with van der Waals surface area (Å²) in [5, 5.41) is 0. The molecular weight excluding hydrogens is 238 g/mol. The van der Waals surface area contributed by atoms with Crippen molar-refractivity contribution in [1.82, 2.24) is 4.90 Å². The van der Waals surface area contributed by atoms with Crippen LogP contribution in [0.5, 0.6) is 5.75 Å². The van der Waals surface area contributed by atoms with Crippen LogP contribution in [0.1, 0.15) is 11.1 Å². The molecule has 0 heterocycles. The van der Waals surface area contributed by atoms with Gasteiger partial charge in [-0.05, 0) is 29.7 Å². The zero-order valence-corrected chi connectivity index (χ0v) is 11.2. The van der Waals surface area contributed by atoms with Crippen molar-refractivity contribution in [1.29, 1.82) is 0 Å². The number of amides is 1. The van der Waals surface area contributed by atoms with Gasteiger partial charge in [0.15, 0.2) is 0 Å². The van der Waals surface area contributed by atoms with Gasteiger partial charge in [-0.1, -0.05) is 42.5 Å². The first-order chi connectivity index (χ1) is 9.15. The molecule has 2 aromatic carbocycles. The minimum atomic E-state index is -0.365. The van der Waals surface area contributed by atoms with Crippen molar-refractivity contribution < 1.29 is 9.53 Å². The summed E-state index contributed by atoms with van der Waals surface area (Å²) in [6.07, 6.45) is 0.513. The van der Waals surface area contributed by atoms with E-state index in [9.17, 15) is 4.79 Å². The van der Waals surface area contributed by atoms with Gasteiger partial charge in [0, 0.05) is 14.1 Å². The Hall–Kier alpha value is -2.29. The van der Waals surface area contributed by atoms with Crippen LogP contribution in [0.3, 0.4) is 0 Å².